The Morgan fingerprint density at radius 1 is 1.36 bits per heavy atom. The summed E-state index contributed by atoms with van der Waals surface area (Å²) < 4.78 is 5.14. The molecule has 1 aromatic carbocycles. The van der Waals surface area contributed by atoms with Gasteiger partial charge in [0.15, 0.2) is 0 Å². The molecule has 1 aromatic rings. The Morgan fingerprint density at radius 2 is 2.07 bits per heavy atom. The van der Waals surface area contributed by atoms with E-state index in [4.69, 9.17) is 4.74 Å². The van der Waals surface area contributed by atoms with Crippen LogP contribution in [0.5, 0.6) is 0 Å². The lowest BCUT2D eigenvalue weighted by atomic mass is 10.2. The van der Waals surface area contributed by atoms with E-state index in [-0.39, 0.29) is 12.5 Å². The molecule has 0 aromatic heterocycles. The van der Waals surface area contributed by atoms with Gasteiger partial charge in [-0.1, -0.05) is 30.3 Å². The molecular formula is C10H13NO3. The molecule has 0 aliphatic carbocycles. The second-order valence-corrected chi connectivity index (χ2v) is 2.71. The number of benzene rings is 1. The summed E-state index contributed by atoms with van der Waals surface area (Å²) in [6.45, 7) is 0.431. The van der Waals surface area contributed by atoms with Gasteiger partial charge in [0.25, 0.3) is 5.91 Å². The molecule has 0 radical (unpaired) electrons. The van der Waals surface area contributed by atoms with Crippen LogP contribution < -0.4 is 5.48 Å². The van der Waals surface area contributed by atoms with Crippen molar-refractivity contribution >= 4 is 5.91 Å². The molecule has 0 atom stereocenters. The van der Waals surface area contributed by atoms with Crippen LogP contribution in [0.2, 0.25) is 0 Å². The highest BCUT2D eigenvalue weighted by Crippen LogP contribution is 1.99. The van der Waals surface area contributed by atoms with Crippen molar-refractivity contribution in [2.24, 2.45) is 0 Å². The molecule has 0 fully saturated rings. The van der Waals surface area contributed by atoms with Crippen LogP contribution in [0.1, 0.15) is 5.56 Å². The van der Waals surface area contributed by atoms with Gasteiger partial charge in [-0.05, 0) is 5.56 Å². The number of hydrogen-bond donors (Lipinski definition) is 1. The largest absolute Gasteiger partial charge is 0.367 e. The van der Waals surface area contributed by atoms with E-state index in [9.17, 15) is 4.79 Å². The second kappa shape index (κ2) is 6.12. The number of nitrogens with one attached hydrogen (secondary N) is 1. The van der Waals surface area contributed by atoms with Crippen molar-refractivity contribution in [1.29, 1.82) is 0 Å². The standard InChI is InChI=1S/C10H13NO3/c1-13-11-10(12)8-14-7-9-5-3-2-4-6-9/h2-6H,7-8H2,1H3,(H,11,12). The van der Waals surface area contributed by atoms with Crippen molar-refractivity contribution in [3.63, 3.8) is 0 Å². The number of amides is 1. The molecular weight excluding hydrogens is 182 g/mol. The normalized spacial score (nSPS) is 9.79. The maximum Gasteiger partial charge on any atom is 0.269 e. The van der Waals surface area contributed by atoms with Crippen LogP contribution in [-0.4, -0.2) is 19.6 Å². The Balaban J connectivity index is 2.19. The zero-order valence-electron chi connectivity index (χ0n) is 8.03. The minimum atomic E-state index is -0.288. The number of carbonyl (C=O) groups is 1. The molecule has 0 saturated carbocycles. The van der Waals surface area contributed by atoms with Crippen molar-refractivity contribution in [3.05, 3.63) is 35.9 Å². The number of carbonyl (C=O) groups excluding carboxylic acids is 1. The van der Waals surface area contributed by atoms with Crippen LogP contribution in [0.4, 0.5) is 0 Å². The molecule has 14 heavy (non-hydrogen) atoms. The number of hydrogen-bond acceptors (Lipinski definition) is 3. The highest BCUT2D eigenvalue weighted by atomic mass is 16.6. The summed E-state index contributed by atoms with van der Waals surface area (Å²) in [7, 11) is 1.38. The zero-order valence-corrected chi connectivity index (χ0v) is 8.03. The summed E-state index contributed by atoms with van der Waals surface area (Å²) in [6, 6.07) is 9.66. The lowest BCUT2D eigenvalue weighted by Gasteiger charge is -2.03. The highest BCUT2D eigenvalue weighted by molar-refractivity contribution is 5.75. The van der Waals surface area contributed by atoms with Crippen molar-refractivity contribution in [3.8, 4) is 0 Å². The Hall–Kier alpha value is -1.39. The van der Waals surface area contributed by atoms with E-state index in [0.717, 1.165) is 5.56 Å². The van der Waals surface area contributed by atoms with Gasteiger partial charge in [0.05, 0.1) is 13.7 Å². The van der Waals surface area contributed by atoms with Gasteiger partial charge in [0.1, 0.15) is 6.61 Å². The van der Waals surface area contributed by atoms with E-state index in [2.05, 4.69) is 10.3 Å². The number of hydroxylamine groups is 1. The summed E-state index contributed by atoms with van der Waals surface area (Å²) in [5.74, 6) is -0.288. The third kappa shape index (κ3) is 4.02. The van der Waals surface area contributed by atoms with E-state index in [1.807, 2.05) is 30.3 Å². The fourth-order valence-corrected chi connectivity index (χ4v) is 0.979. The van der Waals surface area contributed by atoms with Gasteiger partial charge in [-0.15, -0.1) is 0 Å². The molecule has 0 spiro atoms. The molecule has 0 saturated heterocycles. The third-order valence-electron chi connectivity index (χ3n) is 1.56. The molecule has 1 amide bonds. The van der Waals surface area contributed by atoms with E-state index >= 15 is 0 Å². The maximum absolute atomic E-state index is 10.9. The zero-order chi connectivity index (χ0) is 10.2. The van der Waals surface area contributed by atoms with Gasteiger partial charge in [-0.2, -0.15) is 0 Å². The van der Waals surface area contributed by atoms with Gasteiger partial charge in [-0.25, -0.2) is 5.48 Å². The van der Waals surface area contributed by atoms with E-state index in [0.29, 0.717) is 6.61 Å². The van der Waals surface area contributed by atoms with Gasteiger partial charge in [0.2, 0.25) is 0 Å². The lowest BCUT2D eigenvalue weighted by Crippen LogP contribution is -2.26. The topological polar surface area (TPSA) is 47.6 Å². The molecule has 0 unspecified atom stereocenters. The Morgan fingerprint density at radius 3 is 2.71 bits per heavy atom. The fourth-order valence-electron chi connectivity index (χ4n) is 0.979. The summed E-state index contributed by atoms with van der Waals surface area (Å²) >= 11 is 0. The highest BCUT2D eigenvalue weighted by Gasteiger charge is 1.99. The molecule has 0 aliphatic heterocycles. The monoisotopic (exact) mass is 195 g/mol. The van der Waals surface area contributed by atoms with Crippen molar-refractivity contribution < 1.29 is 14.4 Å². The molecule has 4 heteroatoms. The van der Waals surface area contributed by atoms with Crippen LogP contribution in [0, 0.1) is 0 Å². The average molecular weight is 195 g/mol. The summed E-state index contributed by atoms with van der Waals surface area (Å²) in [4.78, 5) is 15.3. The molecule has 0 bridgehead atoms. The van der Waals surface area contributed by atoms with Gasteiger partial charge in [-0.3, -0.25) is 9.63 Å². The van der Waals surface area contributed by atoms with Gasteiger partial charge < -0.3 is 4.74 Å². The molecule has 0 heterocycles. The van der Waals surface area contributed by atoms with E-state index in [1.54, 1.807) is 0 Å². The SMILES string of the molecule is CONC(=O)COCc1ccccc1. The quantitative estimate of drug-likeness (QED) is 0.709. The van der Waals surface area contributed by atoms with Crippen molar-refractivity contribution in [2.45, 2.75) is 6.61 Å². The minimum Gasteiger partial charge on any atom is -0.367 e. The molecule has 1 N–H and O–H groups in total. The Labute approximate surface area is 82.8 Å². The maximum atomic E-state index is 10.9. The lowest BCUT2D eigenvalue weighted by molar-refractivity contribution is -0.136. The predicted octanol–water partition coefficient (Wildman–Crippen LogP) is 0.881. The van der Waals surface area contributed by atoms with Crippen LogP contribution in [-0.2, 0) is 21.0 Å². The summed E-state index contributed by atoms with van der Waals surface area (Å²) in [5.41, 5.74) is 3.21. The van der Waals surface area contributed by atoms with Crippen molar-refractivity contribution in [2.75, 3.05) is 13.7 Å². The predicted molar refractivity (Wildman–Crippen MR) is 51.2 cm³/mol. The van der Waals surface area contributed by atoms with E-state index in [1.165, 1.54) is 7.11 Å². The average Bonchev–Trinajstić information content (AvgIpc) is 2.20. The first kappa shape index (κ1) is 10.7. The first-order valence-electron chi connectivity index (χ1n) is 4.26. The molecule has 76 valence electrons. The van der Waals surface area contributed by atoms with Gasteiger partial charge >= 0.3 is 0 Å². The van der Waals surface area contributed by atoms with Crippen molar-refractivity contribution in [1.82, 2.24) is 5.48 Å². The Bertz CT molecular complexity index is 274. The first-order chi connectivity index (χ1) is 6.83. The fraction of sp³-hybridized carbons (Fsp3) is 0.300. The Kier molecular flexibility index (Phi) is 4.68. The second-order valence-electron chi connectivity index (χ2n) is 2.71. The molecule has 4 nitrogen and oxygen atoms in total. The first-order valence-corrected chi connectivity index (χ1v) is 4.26. The van der Waals surface area contributed by atoms with Crippen LogP contribution in [0.3, 0.4) is 0 Å². The smallest absolute Gasteiger partial charge is 0.269 e. The minimum absolute atomic E-state index is 0.00271. The third-order valence-corrected chi connectivity index (χ3v) is 1.56. The summed E-state index contributed by atoms with van der Waals surface area (Å²) in [5, 5.41) is 0. The summed E-state index contributed by atoms with van der Waals surface area (Å²) in [6.07, 6.45) is 0. The molecule has 1 rings (SSSR count). The number of rotatable bonds is 5. The molecule has 0 aliphatic rings. The van der Waals surface area contributed by atoms with Crippen LogP contribution >= 0.6 is 0 Å². The van der Waals surface area contributed by atoms with Gasteiger partial charge in [0, 0.05) is 0 Å². The van der Waals surface area contributed by atoms with E-state index < -0.39 is 0 Å². The number of ether oxygens (including phenoxy) is 1. The van der Waals surface area contributed by atoms with Crippen LogP contribution in [0.25, 0.3) is 0 Å². The van der Waals surface area contributed by atoms with Crippen LogP contribution in [0.15, 0.2) is 30.3 Å².